The number of phenolic OH excluding ortho intramolecular Hbond substituents is 1. The molecule has 5 heteroatoms. The molecular weight excluding hydrogens is 252 g/mol. The van der Waals surface area contributed by atoms with Crippen molar-refractivity contribution in [1.82, 2.24) is 9.80 Å². The number of rotatable bonds is 3. The number of piperazine rings is 1. The van der Waals surface area contributed by atoms with Gasteiger partial charge in [-0.25, -0.2) is 0 Å². The highest BCUT2D eigenvalue weighted by Gasteiger charge is 2.19. The molecule has 18 heavy (non-hydrogen) atoms. The number of Topliss-reactive ketones (excluding diaryl/α,β-unsaturated/α-hetero) is 1. The molecule has 0 aromatic heterocycles. The predicted octanol–water partition coefficient (Wildman–Crippen LogP) is 1.48. The average Bonchev–Trinajstić information content (AvgIpc) is 2.35. The summed E-state index contributed by atoms with van der Waals surface area (Å²) >= 11 is 5.84. The lowest BCUT2D eigenvalue weighted by molar-refractivity contribution is 0.0874. The van der Waals surface area contributed by atoms with Gasteiger partial charge in [0.15, 0.2) is 5.78 Å². The summed E-state index contributed by atoms with van der Waals surface area (Å²) < 4.78 is 0. The minimum atomic E-state index is -0.0837. The SMILES string of the molecule is CN1CCN(CC(=O)c2cc(Cl)ccc2O)CC1. The molecule has 0 spiro atoms. The first-order chi connectivity index (χ1) is 8.56. The van der Waals surface area contributed by atoms with Crippen molar-refractivity contribution < 1.29 is 9.90 Å². The van der Waals surface area contributed by atoms with E-state index in [-0.39, 0.29) is 11.5 Å². The number of phenols is 1. The summed E-state index contributed by atoms with van der Waals surface area (Å²) in [6.07, 6.45) is 0. The fourth-order valence-corrected chi connectivity index (χ4v) is 2.20. The molecule has 1 aliphatic heterocycles. The lowest BCUT2D eigenvalue weighted by Crippen LogP contribution is -2.46. The Hall–Kier alpha value is -1.10. The van der Waals surface area contributed by atoms with Gasteiger partial charge in [0.25, 0.3) is 0 Å². The number of benzene rings is 1. The standard InChI is InChI=1S/C13H17ClN2O2/c1-15-4-6-16(7-5-15)9-13(18)11-8-10(14)2-3-12(11)17/h2-3,8,17H,4-7,9H2,1H3. The zero-order valence-corrected chi connectivity index (χ0v) is 11.2. The Labute approximate surface area is 112 Å². The minimum Gasteiger partial charge on any atom is -0.507 e. The van der Waals surface area contributed by atoms with E-state index in [2.05, 4.69) is 16.8 Å². The molecule has 1 heterocycles. The molecule has 98 valence electrons. The molecule has 1 aromatic rings. The number of halogens is 1. The second kappa shape index (κ2) is 5.69. The number of carbonyl (C=O) groups excluding carboxylic acids is 1. The summed E-state index contributed by atoms with van der Waals surface area (Å²) in [6.45, 7) is 4.03. The Morgan fingerprint density at radius 3 is 2.67 bits per heavy atom. The molecule has 0 amide bonds. The van der Waals surface area contributed by atoms with Crippen molar-refractivity contribution in [1.29, 1.82) is 0 Å². The maximum Gasteiger partial charge on any atom is 0.180 e. The van der Waals surface area contributed by atoms with Crippen LogP contribution in [0.25, 0.3) is 0 Å². The largest absolute Gasteiger partial charge is 0.507 e. The smallest absolute Gasteiger partial charge is 0.180 e. The van der Waals surface area contributed by atoms with Gasteiger partial charge in [-0.3, -0.25) is 9.69 Å². The number of hydrogen-bond acceptors (Lipinski definition) is 4. The van der Waals surface area contributed by atoms with E-state index < -0.39 is 0 Å². The van der Waals surface area contributed by atoms with Gasteiger partial charge in [-0.05, 0) is 25.2 Å². The third-order valence-electron chi connectivity index (χ3n) is 3.22. The van der Waals surface area contributed by atoms with Crippen LogP contribution in [0.4, 0.5) is 0 Å². The fourth-order valence-electron chi connectivity index (χ4n) is 2.03. The molecule has 1 N–H and O–H groups in total. The van der Waals surface area contributed by atoms with Crippen LogP contribution in [0.5, 0.6) is 5.75 Å². The quantitative estimate of drug-likeness (QED) is 0.844. The van der Waals surface area contributed by atoms with Crippen molar-refractivity contribution in [2.75, 3.05) is 39.8 Å². The van der Waals surface area contributed by atoms with Crippen molar-refractivity contribution >= 4 is 17.4 Å². The zero-order valence-electron chi connectivity index (χ0n) is 10.4. The zero-order chi connectivity index (χ0) is 13.1. The molecule has 2 rings (SSSR count). The molecule has 4 nitrogen and oxygen atoms in total. The number of aromatic hydroxyl groups is 1. The van der Waals surface area contributed by atoms with E-state index >= 15 is 0 Å². The Balaban J connectivity index is 2.01. The van der Waals surface area contributed by atoms with Crippen LogP contribution < -0.4 is 0 Å². The third kappa shape index (κ3) is 3.22. The van der Waals surface area contributed by atoms with Crippen LogP contribution in [0.3, 0.4) is 0 Å². The van der Waals surface area contributed by atoms with Gasteiger partial charge in [0.2, 0.25) is 0 Å². The molecule has 1 aromatic carbocycles. The van der Waals surface area contributed by atoms with Crippen LogP contribution in [-0.2, 0) is 0 Å². The van der Waals surface area contributed by atoms with Crippen molar-refractivity contribution in [3.05, 3.63) is 28.8 Å². The summed E-state index contributed by atoms with van der Waals surface area (Å²) in [5.41, 5.74) is 0.307. The molecule has 0 bridgehead atoms. The summed E-state index contributed by atoms with van der Waals surface area (Å²) in [4.78, 5) is 16.4. The number of ketones is 1. The Kier molecular flexibility index (Phi) is 4.22. The van der Waals surface area contributed by atoms with Crippen molar-refractivity contribution in [3.8, 4) is 5.75 Å². The Bertz CT molecular complexity index is 443. The van der Waals surface area contributed by atoms with E-state index in [0.29, 0.717) is 17.1 Å². The van der Waals surface area contributed by atoms with Crippen LogP contribution in [-0.4, -0.2) is 60.5 Å². The highest BCUT2D eigenvalue weighted by molar-refractivity contribution is 6.31. The van der Waals surface area contributed by atoms with Crippen LogP contribution in [0.15, 0.2) is 18.2 Å². The van der Waals surface area contributed by atoms with E-state index in [1.165, 1.54) is 12.1 Å². The minimum absolute atomic E-state index is 0.00136. The van der Waals surface area contributed by atoms with E-state index in [0.717, 1.165) is 26.2 Å². The third-order valence-corrected chi connectivity index (χ3v) is 3.46. The number of hydrogen-bond donors (Lipinski definition) is 1. The summed E-state index contributed by atoms with van der Waals surface area (Å²) in [6, 6.07) is 4.55. The number of likely N-dealkylation sites (N-methyl/N-ethyl adjacent to an activating group) is 1. The van der Waals surface area contributed by atoms with Crippen molar-refractivity contribution in [2.45, 2.75) is 0 Å². The highest BCUT2D eigenvalue weighted by Crippen LogP contribution is 2.22. The maximum atomic E-state index is 12.1. The first kappa shape index (κ1) is 13.3. The fraction of sp³-hybridized carbons (Fsp3) is 0.462. The van der Waals surface area contributed by atoms with Crippen LogP contribution >= 0.6 is 11.6 Å². The van der Waals surface area contributed by atoms with Crippen LogP contribution in [0.2, 0.25) is 5.02 Å². The monoisotopic (exact) mass is 268 g/mol. The number of nitrogens with zero attached hydrogens (tertiary/aromatic N) is 2. The summed E-state index contributed by atoms with van der Waals surface area (Å²) in [5, 5.41) is 10.1. The van der Waals surface area contributed by atoms with Gasteiger partial charge in [-0.15, -0.1) is 0 Å². The molecule has 0 unspecified atom stereocenters. The molecule has 1 aliphatic rings. The number of carbonyl (C=O) groups is 1. The van der Waals surface area contributed by atoms with Crippen molar-refractivity contribution in [2.24, 2.45) is 0 Å². The highest BCUT2D eigenvalue weighted by atomic mass is 35.5. The van der Waals surface area contributed by atoms with Gasteiger partial charge < -0.3 is 10.0 Å². The molecule has 0 saturated carbocycles. The topological polar surface area (TPSA) is 43.8 Å². The van der Waals surface area contributed by atoms with E-state index in [4.69, 9.17) is 11.6 Å². The molecular formula is C13H17ClN2O2. The second-order valence-corrected chi connectivity index (χ2v) is 5.10. The molecule has 0 radical (unpaired) electrons. The van der Waals surface area contributed by atoms with Gasteiger partial charge in [0, 0.05) is 31.2 Å². The summed E-state index contributed by atoms with van der Waals surface area (Å²) in [7, 11) is 2.07. The first-order valence-electron chi connectivity index (χ1n) is 5.99. The normalized spacial score (nSPS) is 17.9. The lowest BCUT2D eigenvalue weighted by Gasteiger charge is -2.31. The van der Waals surface area contributed by atoms with E-state index in [9.17, 15) is 9.90 Å². The van der Waals surface area contributed by atoms with Crippen LogP contribution in [0, 0.1) is 0 Å². The average molecular weight is 269 g/mol. The predicted molar refractivity (Wildman–Crippen MR) is 71.4 cm³/mol. The first-order valence-corrected chi connectivity index (χ1v) is 6.36. The Morgan fingerprint density at radius 1 is 1.33 bits per heavy atom. The van der Waals surface area contributed by atoms with Crippen LogP contribution in [0.1, 0.15) is 10.4 Å². The van der Waals surface area contributed by atoms with Gasteiger partial charge in [0.1, 0.15) is 5.75 Å². The molecule has 0 atom stereocenters. The van der Waals surface area contributed by atoms with Gasteiger partial charge in [-0.2, -0.15) is 0 Å². The molecule has 1 fully saturated rings. The maximum absolute atomic E-state index is 12.1. The van der Waals surface area contributed by atoms with E-state index in [1.807, 2.05) is 0 Å². The molecule has 1 saturated heterocycles. The summed E-state index contributed by atoms with van der Waals surface area (Å²) in [5.74, 6) is -0.0851. The molecule has 0 aliphatic carbocycles. The van der Waals surface area contributed by atoms with Gasteiger partial charge >= 0.3 is 0 Å². The van der Waals surface area contributed by atoms with E-state index in [1.54, 1.807) is 6.07 Å². The lowest BCUT2D eigenvalue weighted by atomic mass is 10.1. The van der Waals surface area contributed by atoms with Gasteiger partial charge in [0.05, 0.1) is 12.1 Å². The van der Waals surface area contributed by atoms with Crippen molar-refractivity contribution in [3.63, 3.8) is 0 Å². The Morgan fingerprint density at radius 2 is 2.00 bits per heavy atom. The van der Waals surface area contributed by atoms with Gasteiger partial charge in [-0.1, -0.05) is 11.6 Å². The second-order valence-electron chi connectivity index (χ2n) is 4.66.